The molecule has 0 fully saturated rings. The second kappa shape index (κ2) is 8.21. The summed E-state index contributed by atoms with van der Waals surface area (Å²) in [5.74, 6) is 0.707. The number of likely N-dealkylation sites (N-methyl/N-ethyl adjacent to an activating group) is 1. The van der Waals surface area contributed by atoms with E-state index in [-0.39, 0.29) is 0 Å². The van der Waals surface area contributed by atoms with Crippen LogP contribution in [0.25, 0.3) is 0 Å². The van der Waals surface area contributed by atoms with Gasteiger partial charge in [-0.15, -0.1) is 0 Å². The first-order valence-corrected chi connectivity index (χ1v) is 7.59. The van der Waals surface area contributed by atoms with Crippen LogP contribution in [-0.2, 0) is 0 Å². The Labute approximate surface area is 119 Å². The number of hydrogen-bond acceptors (Lipinski definition) is 2. The van der Waals surface area contributed by atoms with Crippen molar-refractivity contribution in [3.63, 3.8) is 0 Å². The van der Waals surface area contributed by atoms with Crippen LogP contribution in [0.1, 0.15) is 39.2 Å². The van der Waals surface area contributed by atoms with Crippen LogP contribution in [0.4, 0.5) is 5.69 Å². The van der Waals surface area contributed by atoms with Crippen LogP contribution in [0, 0.1) is 12.8 Å². The maximum atomic E-state index is 3.69. The predicted octanol–water partition coefficient (Wildman–Crippen LogP) is 3.85. The van der Waals surface area contributed by atoms with E-state index in [0.29, 0.717) is 12.0 Å². The quantitative estimate of drug-likeness (QED) is 0.765. The Morgan fingerprint density at radius 1 is 1.26 bits per heavy atom. The summed E-state index contributed by atoms with van der Waals surface area (Å²) in [4.78, 5) is 2.37. The Balaban J connectivity index is 2.66. The number of hydrogen-bond donors (Lipinski definition) is 1. The summed E-state index contributed by atoms with van der Waals surface area (Å²) < 4.78 is 0. The van der Waals surface area contributed by atoms with Gasteiger partial charge in [-0.25, -0.2) is 0 Å². The lowest BCUT2D eigenvalue weighted by molar-refractivity contribution is 0.370. The van der Waals surface area contributed by atoms with E-state index < -0.39 is 0 Å². The Morgan fingerprint density at radius 2 is 2.00 bits per heavy atom. The highest BCUT2D eigenvalue weighted by atomic mass is 15.1. The van der Waals surface area contributed by atoms with Crippen molar-refractivity contribution in [3.05, 3.63) is 29.8 Å². The highest BCUT2D eigenvalue weighted by molar-refractivity contribution is 5.47. The topological polar surface area (TPSA) is 15.3 Å². The molecule has 0 radical (unpaired) electrons. The summed E-state index contributed by atoms with van der Waals surface area (Å²) in [5, 5.41) is 3.69. The lowest BCUT2D eigenvalue weighted by Gasteiger charge is -2.30. The molecule has 2 nitrogen and oxygen atoms in total. The van der Waals surface area contributed by atoms with Gasteiger partial charge in [-0.1, -0.05) is 39.3 Å². The van der Waals surface area contributed by atoms with Crippen molar-refractivity contribution in [3.8, 4) is 0 Å². The molecule has 0 saturated carbocycles. The fourth-order valence-corrected chi connectivity index (χ4v) is 2.33. The minimum atomic E-state index is 0.565. The first-order valence-electron chi connectivity index (χ1n) is 7.59. The van der Waals surface area contributed by atoms with E-state index in [0.717, 1.165) is 13.1 Å². The molecule has 1 aromatic rings. The molecule has 0 bridgehead atoms. The maximum Gasteiger partial charge on any atom is 0.0366 e. The Kier molecular flexibility index (Phi) is 6.93. The Morgan fingerprint density at radius 3 is 2.58 bits per heavy atom. The summed E-state index contributed by atoms with van der Waals surface area (Å²) in [6, 6.07) is 9.31. The molecule has 108 valence electrons. The number of aryl methyl sites for hydroxylation is 1. The van der Waals surface area contributed by atoms with Gasteiger partial charge in [0.15, 0.2) is 0 Å². The van der Waals surface area contributed by atoms with Gasteiger partial charge in [0.2, 0.25) is 0 Å². The van der Waals surface area contributed by atoms with E-state index in [1.54, 1.807) is 0 Å². The Bertz CT molecular complexity index is 362. The van der Waals surface area contributed by atoms with Crippen molar-refractivity contribution < 1.29 is 0 Å². The van der Waals surface area contributed by atoms with Gasteiger partial charge in [-0.3, -0.25) is 0 Å². The molecular weight excluding hydrogens is 232 g/mol. The maximum absolute atomic E-state index is 3.69. The molecule has 2 atom stereocenters. The molecule has 0 aliphatic heterocycles. The van der Waals surface area contributed by atoms with Crippen molar-refractivity contribution in [2.24, 2.45) is 5.92 Å². The molecular formula is C17H30N2. The summed E-state index contributed by atoms with van der Waals surface area (Å²) in [7, 11) is 2.19. The number of nitrogens with zero attached hydrogens (tertiary/aromatic N) is 1. The van der Waals surface area contributed by atoms with E-state index in [4.69, 9.17) is 0 Å². The lowest BCUT2D eigenvalue weighted by Crippen LogP contribution is -2.44. The zero-order valence-electron chi connectivity index (χ0n) is 13.2. The van der Waals surface area contributed by atoms with Gasteiger partial charge in [0.05, 0.1) is 0 Å². The number of anilines is 1. The van der Waals surface area contributed by atoms with Crippen LogP contribution in [0.5, 0.6) is 0 Å². The van der Waals surface area contributed by atoms with Crippen molar-refractivity contribution in [1.29, 1.82) is 0 Å². The number of nitrogens with one attached hydrogen (secondary N) is 1. The normalized spacial score (nSPS) is 14.2. The Hall–Kier alpha value is -1.02. The molecule has 19 heavy (non-hydrogen) atoms. The number of benzene rings is 1. The van der Waals surface area contributed by atoms with Gasteiger partial charge < -0.3 is 10.2 Å². The minimum absolute atomic E-state index is 0.565. The monoisotopic (exact) mass is 262 g/mol. The first kappa shape index (κ1) is 16.0. The van der Waals surface area contributed by atoms with Crippen molar-refractivity contribution in [2.75, 3.05) is 25.0 Å². The summed E-state index contributed by atoms with van der Waals surface area (Å²) >= 11 is 0. The molecule has 0 aromatic heterocycles. The minimum Gasteiger partial charge on any atom is -0.373 e. The highest BCUT2D eigenvalue weighted by Crippen LogP contribution is 2.17. The lowest BCUT2D eigenvalue weighted by atomic mass is 9.98. The second-order valence-corrected chi connectivity index (χ2v) is 5.67. The van der Waals surface area contributed by atoms with Gasteiger partial charge >= 0.3 is 0 Å². The van der Waals surface area contributed by atoms with Gasteiger partial charge in [-0.05, 0) is 43.5 Å². The average Bonchev–Trinajstić information content (AvgIpc) is 2.42. The SMILES string of the molecule is CCCNC(CN(C)c1cccc(C)c1)C(C)CC. The third-order valence-electron chi connectivity index (χ3n) is 3.90. The van der Waals surface area contributed by atoms with Crippen LogP contribution < -0.4 is 10.2 Å². The summed E-state index contributed by atoms with van der Waals surface area (Å²) in [6.07, 6.45) is 2.42. The summed E-state index contributed by atoms with van der Waals surface area (Å²) in [6.45, 7) is 11.2. The molecule has 1 N–H and O–H groups in total. The average molecular weight is 262 g/mol. The fraction of sp³-hybridized carbons (Fsp3) is 0.647. The molecule has 1 aromatic carbocycles. The van der Waals surface area contributed by atoms with Crippen molar-refractivity contribution >= 4 is 5.69 Å². The van der Waals surface area contributed by atoms with Crippen molar-refractivity contribution in [1.82, 2.24) is 5.32 Å². The van der Waals surface area contributed by atoms with Gasteiger partial charge in [0.25, 0.3) is 0 Å². The van der Waals surface area contributed by atoms with E-state index in [1.165, 1.54) is 24.1 Å². The van der Waals surface area contributed by atoms with Crippen molar-refractivity contribution in [2.45, 2.75) is 46.6 Å². The summed E-state index contributed by atoms with van der Waals surface area (Å²) in [5.41, 5.74) is 2.64. The standard InChI is InChI=1S/C17H30N2/c1-6-11-18-17(15(4)7-2)13-19(5)16-10-8-9-14(3)12-16/h8-10,12,15,17-18H,6-7,11,13H2,1-5H3. The van der Waals surface area contributed by atoms with E-state index >= 15 is 0 Å². The molecule has 0 aliphatic carbocycles. The molecule has 0 spiro atoms. The van der Waals surface area contributed by atoms with E-state index in [1.807, 2.05) is 0 Å². The smallest absolute Gasteiger partial charge is 0.0366 e. The van der Waals surface area contributed by atoms with Gasteiger partial charge in [-0.2, -0.15) is 0 Å². The zero-order valence-corrected chi connectivity index (χ0v) is 13.2. The van der Waals surface area contributed by atoms with Crippen LogP contribution in [0.3, 0.4) is 0 Å². The third-order valence-corrected chi connectivity index (χ3v) is 3.90. The predicted molar refractivity (Wildman–Crippen MR) is 86.0 cm³/mol. The first-order chi connectivity index (χ1) is 9.08. The highest BCUT2D eigenvalue weighted by Gasteiger charge is 2.17. The van der Waals surface area contributed by atoms with Crippen LogP contribution in [-0.4, -0.2) is 26.2 Å². The molecule has 2 heteroatoms. The molecule has 0 saturated heterocycles. The van der Waals surface area contributed by atoms with Gasteiger partial charge in [0, 0.05) is 25.3 Å². The van der Waals surface area contributed by atoms with Crippen LogP contribution >= 0.6 is 0 Å². The molecule has 0 amide bonds. The van der Waals surface area contributed by atoms with Gasteiger partial charge in [0.1, 0.15) is 0 Å². The largest absolute Gasteiger partial charge is 0.373 e. The molecule has 0 heterocycles. The molecule has 1 rings (SSSR count). The fourth-order valence-electron chi connectivity index (χ4n) is 2.33. The van der Waals surface area contributed by atoms with E-state index in [2.05, 4.69) is 69.2 Å². The molecule has 0 aliphatic rings. The van der Waals surface area contributed by atoms with Crippen LogP contribution in [0.2, 0.25) is 0 Å². The third kappa shape index (κ3) is 5.23. The van der Waals surface area contributed by atoms with Crippen LogP contribution in [0.15, 0.2) is 24.3 Å². The second-order valence-electron chi connectivity index (χ2n) is 5.67. The van der Waals surface area contributed by atoms with E-state index in [9.17, 15) is 0 Å². The molecule has 2 unspecified atom stereocenters. The zero-order chi connectivity index (χ0) is 14.3. The number of rotatable bonds is 8.